The van der Waals surface area contributed by atoms with Crippen LogP contribution in [0.4, 0.5) is 17.6 Å². The van der Waals surface area contributed by atoms with Gasteiger partial charge in [0.05, 0.1) is 22.2 Å². The molecule has 0 unspecified atom stereocenters. The lowest BCUT2D eigenvalue weighted by atomic mass is 9.59. The highest BCUT2D eigenvalue weighted by atomic mass is 35.5. The number of rotatable bonds is 8. The van der Waals surface area contributed by atoms with Crippen LogP contribution in [0.3, 0.4) is 0 Å². The fourth-order valence-corrected chi connectivity index (χ4v) is 4.47. The first-order valence-corrected chi connectivity index (χ1v) is 11.1. The predicted molar refractivity (Wildman–Crippen MR) is 118 cm³/mol. The average molecular weight is 529 g/mol. The highest BCUT2D eigenvalue weighted by Gasteiger charge is 2.53. The molecule has 0 radical (unpaired) electrons. The molecule has 1 aromatic carbocycles. The van der Waals surface area contributed by atoms with Crippen molar-refractivity contribution >= 4 is 17.5 Å². The lowest BCUT2D eigenvalue weighted by Gasteiger charge is -2.51. The fourth-order valence-electron chi connectivity index (χ4n) is 4.35. The lowest BCUT2D eigenvalue weighted by molar-refractivity contribution is -0.138. The summed E-state index contributed by atoms with van der Waals surface area (Å²) in [6.45, 7) is 3.21. The van der Waals surface area contributed by atoms with Crippen LogP contribution >= 0.6 is 11.6 Å². The van der Waals surface area contributed by atoms with Crippen molar-refractivity contribution in [1.29, 1.82) is 0 Å². The first kappa shape index (κ1) is 25.7. The first-order valence-electron chi connectivity index (χ1n) is 10.7. The molecule has 0 saturated heterocycles. The van der Waals surface area contributed by atoms with Crippen molar-refractivity contribution < 1.29 is 36.2 Å². The Morgan fingerprint density at radius 1 is 1.14 bits per heavy atom. The van der Waals surface area contributed by atoms with Gasteiger partial charge in [-0.2, -0.15) is 13.2 Å². The van der Waals surface area contributed by atoms with E-state index < -0.39 is 28.5 Å². The molecule has 0 atom stereocenters. The summed E-state index contributed by atoms with van der Waals surface area (Å²) >= 11 is 5.63. The molecule has 2 aromatic heterocycles. The molecule has 1 aliphatic rings. The largest absolute Gasteiger partial charge is 0.484 e. The van der Waals surface area contributed by atoms with Crippen LogP contribution in [0.1, 0.15) is 44.0 Å². The van der Waals surface area contributed by atoms with Gasteiger partial charge in [-0.25, -0.2) is 4.39 Å². The summed E-state index contributed by atoms with van der Waals surface area (Å²) in [5.74, 6) is -0.528. The summed E-state index contributed by atoms with van der Waals surface area (Å²) in [7, 11) is 0. The molecule has 1 saturated carbocycles. The van der Waals surface area contributed by atoms with E-state index in [4.69, 9.17) is 25.5 Å². The number of halogens is 5. The molecule has 1 aliphatic carbocycles. The van der Waals surface area contributed by atoms with Crippen LogP contribution in [0.5, 0.6) is 11.5 Å². The number of pyridine rings is 1. The molecule has 3 aromatic rings. The Hall–Kier alpha value is -3.41. The van der Waals surface area contributed by atoms with Crippen LogP contribution in [0.25, 0.3) is 0 Å². The molecule has 13 heteroatoms. The van der Waals surface area contributed by atoms with Gasteiger partial charge in [-0.3, -0.25) is 9.78 Å². The van der Waals surface area contributed by atoms with Crippen molar-refractivity contribution in [3.8, 4) is 11.5 Å². The van der Waals surface area contributed by atoms with Gasteiger partial charge in [0.1, 0.15) is 17.3 Å². The van der Waals surface area contributed by atoms with Gasteiger partial charge in [0, 0.05) is 17.8 Å². The topological polar surface area (TPSA) is 99.4 Å². The number of amides is 1. The van der Waals surface area contributed by atoms with Crippen molar-refractivity contribution in [2.24, 2.45) is 0 Å². The number of alkyl halides is 3. The number of nitrogens with zero attached hydrogens (tertiary/aromatic N) is 3. The number of carbonyl (C=O) groups is 1. The van der Waals surface area contributed by atoms with E-state index in [2.05, 4.69) is 20.5 Å². The number of benzene rings is 1. The van der Waals surface area contributed by atoms with Crippen molar-refractivity contribution in [2.75, 3.05) is 6.61 Å². The molecule has 0 spiro atoms. The van der Waals surface area contributed by atoms with E-state index in [1.807, 2.05) is 13.8 Å². The van der Waals surface area contributed by atoms with Crippen LogP contribution in [-0.4, -0.2) is 33.2 Å². The van der Waals surface area contributed by atoms with Gasteiger partial charge in [-0.05, 0) is 38.0 Å². The normalized spacial score (nSPS) is 21.5. The Kier molecular flexibility index (Phi) is 6.82. The number of aromatic nitrogens is 3. The maximum absolute atomic E-state index is 13.5. The maximum Gasteiger partial charge on any atom is 0.418 e. The van der Waals surface area contributed by atoms with Gasteiger partial charge in [-0.1, -0.05) is 18.5 Å². The summed E-state index contributed by atoms with van der Waals surface area (Å²) < 4.78 is 68.2. The number of carbonyl (C=O) groups excluding carboxylic acids is 1. The van der Waals surface area contributed by atoms with E-state index >= 15 is 0 Å². The van der Waals surface area contributed by atoms with Gasteiger partial charge in [0.25, 0.3) is 11.8 Å². The Labute approximate surface area is 208 Å². The zero-order valence-corrected chi connectivity index (χ0v) is 19.9. The van der Waals surface area contributed by atoms with E-state index in [1.165, 1.54) is 12.1 Å². The highest BCUT2D eigenvalue weighted by molar-refractivity contribution is 6.30. The number of hydrogen-bond donors (Lipinski definition) is 1. The van der Waals surface area contributed by atoms with Crippen LogP contribution in [-0.2, 0) is 23.0 Å². The van der Waals surface area contributed by atoms with E-state index in [0.717, 1.165) is 18.3 Å². The standard InChI is InChI=1S/C23H21ClF4N4O4/c1-21(11-22(2,12-21)30-18(33)9-34-14-3-4-16(24)17(25)6-14)20-32-31-19(36-20)10-35-15-5-13(7-29-8-15)23(26,27)28/h3-8H,9-12H2,1-2H3,(H,30,33). The van der Waals surface area contributed by atoms with Crippen molar-refractivity contribution in [3.63, 3.8) is 0 Å². The third kappa shape index (κ3) is 5.86. The molecule has 1 N–H and O–H groups in total. The zero-order valence-electron chi connectivity index (χ0n) is 19.2. The van der Waals surface area contributed by atoms with Gasteiger partial charge in [0.2, 0.25) is 5.89 Å². The third-order valence-electron chi connectivity index (χ3n) is 5.65. The van der Waals surface area contributed by atoms with Crippen LogP contribution in [0.15, 0.2) is 41.1 Å². The summed E-state index contributed by atoms with van der Waals surface area (Å²) in [5, 5.41) is 10.8. The van der Waals surface area contributed by atoms with Gasteiger partial charge >= 0.3 is 6.18 Å². The molecular formula is C23H21ClF4N4O4. The second-order valence-corrected chi connectivity index (χ2v) is 9.49. The monoisotopic (exact) mass is 528 g/mol. The first-order chi connectivity index (χ1) is 16.9. The van der Waals surface area contributed by atoms with Crippen LogP contribution in [0, 0.1) is 5.82 Å². The van der Waals surface area contributed by atoms with Crippen LogP contribution < -0.4 is 14.8 Å². The summed E-state index contributed by atoms with van der Waals surface area (Å²) in [6.07, 6.45) is -1.71. The third-order valence-corrected chi connectivity index (χ3v) is 5.96. The van der Waals surface area contributed by atoms with E-state index in [-0.39, 0.29) is 41.5 Å². The Morgan fingerprint density at radius 3 is 2.58 bits per heavy atom. The summed E-state index contributed by atoms with van der Waals surface area (Å²) in [6, 6.07) is 4.72. The molecule has 36 heavy (non-hydrogen) atoms. The minimum atomic E-state index is -4.54. The minimum Gasteiger partial charge on any atom is -0.484 e. The Balaban J connectivity index is 1.28. The Morgan fingerprint density at radius 2 is 1.89 bits per heavy atom. The molecule has 192 valence electrons. The van der Waals surface area contributed by atoms with Gasteiger partial charge < -0.3 is 19.2 Å². The lowest BCUT2D eigenvalue weighted by Crippen LogP contribution is -2.61. The molecule has 8 nitrogen and oxygen atoms in total. The maximum atomic E-state index is 13.5. The molecule has 2 heterocycles. The highest BCUT2D eigenvalue weighted by Crippen LogP contribution is 2.49. The van der Waals surface area contributed by atoms with Crippen molar-refractivity contribution in [1.82, 2.24) is 20.5 Å². The second kappa shape index (κ2) is 9.57. The van der Waals surface area contributed by atoms with Crippen molar-refractivity contribution in [2.45, 2.75) is 50.4 Å². The molecule has 0 bridgehead atoms. The molecule has 1 fully saturated rings. The Bertz CT molecular complexity index is 1260. The molecule has 1 amide bonds. The SMILES string of the molecule is CC1(NC(=O)COc2ccc(Cl)c(F)c2)CC(C)(c2nnc(COc3cncc(C(F)(F)F)c3)o2)C1. The van der Waals surface area contributed by atoms with Crippen molar-refractivity contribution in [3.05, 3.63) is 64.8 Å². The summed E-state index contributed by atoms with van der Waals surface area (Å²) in [5.41, 5.74) is -2.01. The fraction of sp³-hybridized carbons (Fsp3) is 0.391. The molecule has 4 rings (SSSR count). The smallest absolute Gasteiger partial charge is 0.418 e. The van der Waals surface area contributed by atoms with E-state index in [9.17, 15) is 22.4 Å². The number of ether oxygens (including phenoxy) is 2. The zero-order chi connectivity index (χ0) is 26.1. The minimum absolute atomic E-state index is 0.0449. The molecule has 0 aliphatic heterocycles. The number of nitrogens with one attached hydrogen (secondary N) is 1. The molecular weight excluding hydrogens is 508 g/mol. The van der Waals surface area contributed by atoms with Crippen LogP contribution in [0.2, 0.25) is 5.02 Å². The quantitative estimate of drug-likeness (QED) is 0.417. The second-order valence-electron chi connectivity index (χ2n) is 9.08. The van der Waals surface area contributed by atoms with Gasteiger partial charge in [0.15, 0.2) is 13.2 Å². The van der Waals surface area contributed by atoms with E-state index in [1.54, 1.807) is 0 Å². The predicted octanol–water partition coefficient (Wildman–Crippen LogP) is 4.86. The number of hydrogen-bond acceptors (Lipinski definition) is 7. The summed E-state index contributed by atoms with van der Waals surface area (Å²) in [4.78, 5) is 15.9. The average Bonchev–Trinajstić information content (AvgIpc) is 3.27. The van der Waals surface area contributed by atoms with Gasteiger partial charge in [-0.15, -0.1) is 10.2 Å². The van der Waals surface area contributed by atoms with E-state index in [0.29, 0.717) is 24.9 Å².